The van der Waals surface area contributed by atoms with Crippen LogP contribution in [0, 0.1) is 29.0 Å². The summed E-state index contributed by atoms with van der Waals surface area (Å²) < 4.78 is 13.5. The maximum absolute atomic E-state index is 13.5. The van der Waals surface area contributed by atoms with Gasteiger partial charge in [-0.2, -0.15) is 5.26 Å². The first kappa shape index (κ1) is 14.8. The van der Waals surface area contributed by atoms with Crippen molar-refractivity contribution in [3.63, 3.8) is 0 Å². The van der Waals surface area contributed by atoms with Crippen LogP contribution < -0.4 is 0 Å². The smallest absolute Gasteiger partial charge is 0.407 e. The maximum Gasteiger partial charge on any atom is 0.407 e. The van der Waals surface area contributed by atoms with E-state index in [1.807, 2.05) is 11.0 Å². The number of nitriles is 1. The number of hydrogen-bond acceptors (Lipinski definition) is 3. The minimum absolute atomic E-state index is 0.207. The molecule has 0 bridgehead atoms. The van der Waals surface area contributed by atoms with Crippen molar-refractivity contribution in [3.05, 3.63) is 35.1 Å². The molecular weight excluding hydrogens is 273 g/mol. The van der Waals surface area contributed by atoms with Crippen molar-refractivity contribution in [2.45, 2.75) is 0 Å². The third-order valence-corrected chi connectivity index (χ3v) is 3.26. The molecule has 1 N–H and O–H groups in total. The summed E-state index contributed by atoms with van der Waals surface area (Å²) in [6.07, 6.45) is -0.906. The van der Waals surface area contributed by atoms with Gasteiger partial charge in [0.05, 0.1) is 23.7 Å². The van der Waals surface area contributed by atoms with Gasteiger partial charge in [0.1, 0.15) is 5.82 Å². The van der Waals surface area contributed by atoms with Crippen molar-refractivity contribution in [1.82, 2.24) is 9.80 Å². The Morgan fingerprint density at radius 1 is 1.33 bits per heavy atom. The molecule has 0 saturated carbocycles. The average Bonchev–Trinajstić information content (AvgIpc) is 2.49. The van der Waals surface area contributed by atoms with Crippen LogP contribution in [0.5, 0.6) is 0 Å². The van der Waals surface area contributed by atoms with Gasteiger partial charge in [0, 0.05) is 26.2 Å². The number of benzene rings is 1. The molecule has 0 spiro atoms. The molecule has 1 heterocycles. The Labute approximate surface area is 122 Å². The molecule has 0 atom stereocenters. The molecule has 1 amide bonds. The van der Waals surface area contributed by atoms with Crippen LogP contribution in [-0.2, 0) is 0 Å². The van der Waals surface area contributed by atoms with E-state index in [1.165, 1.54) is 23.1 Å². The lowest BCUT2D eigenvalue weighted by Gasteiger charge is -2.31. The highest BCUT2D eigenvalue weighted by Gasteiger charge is 2.19. The molecule has 21 heavy (non-hydrogen) atoms. The lowest BCUT2D eigenvalue weighted by Crippen LogP contribution is -2.48. The summed E-state index contributed by atoms with van der Waals surface area (Å²) in [6.45, 7) is 2.58. The van der Waals surface area contributed by atoms with Gasteiger partial charge in [-0.05, 0) is 18.2 Å². The van der Waals surface area contributed by atoms with Crippen molar-refractivity contribution in [1.29, 1.82) is 5.26 Å². The highest BCUT2D eigenvalue weighted by molar-refractivity contribution is 5.65. The number of halogens is 1. The number of amides is 1. The van der Waals surface area contributed by atoms with Crippen molar-refractivity contribution in [2.24, 2.45) is 0 Å². The Morgan fingerprint density at radius 3 is 2.67 bits per heavy atom. The lowest BCUT2D eigenvalue weighted by molar-refractivity contribution is 0.111. The monoisotopic (exact) mass is 287 g/mol. The fourth-order valence-corrected chi connectivity index (χ4v) is 2.03. The fraction of sp³-hybridized carbons (Fsp3) is 0.333. The Morgan fingerprint density at radius 2 is 2.05 bits per heavy atom. The topological polar surface area (TPSA) is 67.6 Å². The predicted molar refractivity (Wildman–Crippen MR) is 74.0 cm³/mol. The highest BCUT2D eigenvalue weighted by Crippen LogP contribution is 2.08. The highest BCUT2D eigenvalue weighted by atomic mass is 19.1. The molecule has 1 saturated heterocycles. The fourth-order valence-electron chi connectivity index (χ4n) is 2.03. The second-order valence-corrected chi connectivity index (χ2v) is 4.65. The van der Waals surface area contributed by atoms with Gasteiger partial charge >= 0.3 is 6.09 Å². The summed E-state index contributed by atoms with van der Waals surface area (Å²) in [4.78, 5) is 14.1. The lowest BCUT2D eigenvalue weighted by atomic mass is 10.1. The van der Waals surface area contributed by atoms with E-state index in [2.05, 4.69) is 11.8 Å². The van der Waals surface area contributed by atoms with E-state index in [-0.39, 0.29) is 5.56 Å². The van der Waals surface area contributed by atoms with Crippen LogP contribution in [0.2, 0.25) is 0 Å². The predicted octanol–water partition coefficient (Wildman–Crippen LogP) is 1.34. The van der Waals surface area contributed by atoms with Gasteiger partial charge in [-0.15, -0.1) is 0 Å². The van der Waals surface area contributed by atoms with Gasteiger partial charge in [-0.1, -0.05) is 11.8 Å². The van der Waals surface area contributed by atoms with Crippen LogP contribution in [0.3, 0.4) is 0 Å². The standard InChI is InChI=1S/C15H14FN3O2/c16-14-4-3-12(11-17)10-13(14)2-1-5-18-6-8-19(9-7-18)15(20)21/h3-4,10H,5-9H2,(H,20,21). The van der Waals surface area contributed by atoms with Crippen molar-refractivity contribution < 1.29 is 14.3 Å². The van der Waals surface area contributed by atoms with Crippen molar-refractivity contribution in [3.8, 4) is 17.9 Å². The zero-order valence-electron chi connectivity index (χ0n) is 11.3. The second-order valence-electron chi connectivity index (χ2n) is 4.65. The van der Waals surface area contributed by atoms with Crippen LogP contribution in [0.15, 0.2) is 18.2 Å². The zero-order valence-corrected chi connectivity index (χ0v) is 11.3. The molecule has 1 aliphatic heterocycles. The van der Waals surface area contributed by atoms with Gasteiger partial charge in [0.25, 0.3) is 0 Å². The number of nitrogens with zero attached hydrogens (tertiary/aromatic N) is 3. The molecule has 2 rings (SSSR count). The minimum Gasteiger partial charge on any atom is -0.465 e. The third-order valence-electron chi connectivity index (χ3n) is 3.26. The zero-order chi connectivity index (χ0) is 15.2. The molecule has 0 aliphatic carbocycles. The van der Waals surface area contributed by atoms with E-state index in [4.69, 9.17) is 10.4 Å². The summed E-state index contributed by atoms with van der Waals surface area (Å²) in [5.74, 6) is 5.14. The SMILES string of the molecule is N#Cc1ccc(F)c(C#CCN2CCN(C(=O)O)CC2)c1. The van der Waals surface area contributed by atoms with Crippen LogP contribution in [0.1, 0.15) is 11.1 Å². The number of rotatable bonds is 1. The van der Waals surface area contributed by atoms with Gasteiger partial charge in [-0.25, -0.2) is 9.18 Å². The van der Waals surface area contributed by atoms with E-state index >= 15 is 0 Å². The molecule has 1 fully saturated rings. The average molecular weight is 287 g/mol. The Kier molecular flexibility index (Phi) is 4.76. The molecule has 1 aliphatic rings. The summed E-state index contributed by atoms with van der Waals surface area (Å²) in [5, 5.41) is 17.6. The number of piperazine rings is 1. The summed E-state index contributed by atoms with van der Waals surface area (Å²) >= 11 is 0. The van der Waals surface area contributed by atoms with E-state index in [1.54, 1.807) is 0 Å². The largest absolute Gasteiger partial charge is 0.465 e. The number of carbonyl (C=O) groups is 1. The summed E-state index contributed by atoms with van der Waals surface area (Å²) in [5.41, 5.74) is 0.578. The minimum atomic E-state index is -0.906. The first-order valence-electron chi connectivity index (χ1n) is 6.49. The van der Waals surface area contributed by atoms with E-state index in [9.17, 15) is 9.18 Å². The molecular formula is C15H14FN3O2. The Hall–Kier alpha value is -2.57. The molecule has 0 unspecified atom stereocenters. The second kappa shape index (κ2) is 6.74. The molecule has 1 aromatic carbocycles. The quantitative estimate of drug-likeness (QED) is 0.792. The Balaban J connectivity index is 1.93. The van der Waals surface area contributed by atoms with E-state index in [0.29, 0.717) is 38.3 Å². The molecule has 1 aromatic rings. The Bertz CT molecular complexity index is 635. The van der Waals surface area contributed by atoms with Crippen molar-refractivity contribution in [2.75, 3.05) is 32.7 Å². The molecule has 0 aromatic heterocycles. The molecule has 5 nitrogen and oxygen atoms in total. The van der Waals surface area contributed by atoms with Gasteiger partial charge in [-0.3, -0.25) is 4.90 Å². The molecule has 6 heteroatoms. The molecule has 0 radical (unpaired) electrons. The van der Waals surface area contributed by atoms with Crippen LogP contribution in [0.25, 0.3) is 0 Å². The first-order valence-corrected chi connectivity index (χ1v) is 6.49. The van der Waals surface area contributed by atoms with Crippen LogP contribution in [0.4, 0.5) is 9.18 Å². The van der Waals surface area contributed by atoms with E-state index in [0.717, 1.165) is 0 Å². The summed E-state index contributed by atoms with van der Waals surface area (Å²) in [7, 11) is 0. The normalized spacial score (nSPS) is 15.0. The van der Waals surface area contributed by atoms with Crippen LogP contribution in [-0.4, -0.2) is 53.7 Å². The third kappa shape index (κ3) is 3.95. The van der Waals surface area contributed by atoms with Crippen LogP contribution >= 0.6 is 0 Å². The van der Waals surface area contributed by atoms with Gasteiger partial charge in [0.15, 0.2) is 0 Å². The van der Waals surface area contributed by atoms with Gasteiger partial charge < -0.3 is 10.0 Å². The van der Waals surface area contributed by atoms with Gasteiger partial charge in [0.2, 0.25) is 0 Å². The van der Waals surface area contributed by atoms with E-state index < -0.39 is 11.9 Å². The maximum atomic E-state index is 13.5. The number of carboxylic acid groups (broad SMARTS) is 1. The first-order chi connectivity index (χ1) is 10.1. The number of hydrogen-bond donors (Lipinski definition) is 1. The summed E-state index contributed by atoms with van der Waals surface area (Å²) in [6, 6.07) is 6.00. The molecule has 108 valence electrons. The van der Waals surface area contributed by atoms with Crippen molar-refractivity contribution >= 4 is 6.09 Å².